The summed E-state index contributed by atoms with van der Waals surface area (Å²) >= 11 is 0. The molecular formula is C8H14F2N2. The molecule has 0 amide bonds. The third kappa shape index (κ3) is 1.23. The molecule has 0 aromatic carbocycles. The number of halogens is 2. The number of nitrogens with one attached hydrogen (secondary N) is 1. The van der Waals surface area contributed by atoms with Crippen molar-refractivity contribution in [3.63, 3.8) is 0 Å². The molecule has 0 saturated carbocycles. The number of hydrogen-bond acceptors (Lipinski definition) is 2. The molecule has 0 aromatic rings. The second-order valence-electron chi connectivity index (χ2n) is 3.90. The van der Waals surface area contributed by atoms with Crippen LogP contribution in [-0.4, -0.2) is 43.5 Å². The van der Waals surface area contributed by atoms with Crippen LogP contribution in [-0.2, 0) is 0 Å². The van der Waals surface area contributed by atoms with Crippen molar-refractivity contribution in [2.75, 3.05) is 26.7 Å². The first-order valence-corrected chi connectivity index (χ1v) is 4.39. The number of likely N-dealkylation sites (tertiary alicyclic amines) is 1. The van der Waals surface area contributed by atoms with E-state index in [0.29, 0.717) is 13.1 Å². The standard InChI is InChI=1S/C8H14F2N2/c1-12-4-6-7(5-12)11-3-2-8(6,9)10/h6-7,11H,2-5H2,1H3. The smallest absolute Gasteiger partial charge is 0.254 e. The number of piperidine rings is 1. The van der Waals surface area contributed by atoms with Crippen LogP contribution in [0.1, 0.15) is 6.42 Å². The lowest BCUT2D eigenvalue weighted by atomic mass is 9.90. The van der Waals surface area contributed by atoms with Gasteiger partial charge in [0.15, 0.2) is 0 Å². The number of fused-ring (bicyclic) bond motifs is 1. The SMILES string of the molecule is CN1CC2NCCC(F)(F)C2C1. The van der Waals surface area contributed by atoms with Gasteiger partial charge in [-0.3, -0.25) is 0 Å². The van der Waals surface area contributed by atoms with E-state index in [4.69, 9.17) is 0 Å². The Balaban J connectivity index is 2.13. The summed E-state index contributed by atoms with van der Waals surface area (Å²) in [6, 6.07) is 0.0127. The summed E-state index contributed by atoms with van der Waals surface area (Å²) in [5.74, 6) is -2.91. The number of hydrogen-bond donors (Lipinski definition) is 1. The number of rotatable bonds is 0. The maximum Gasteiger partial charge on any atom is 0.254 e. The van der Waals surface area contributed by atoms with E-state index >= 15 is 0 Å². The Morgan fingerprint density at radius 3 is 2.83 bits per heavy atom. The molecule has 2 aliphatic heterocycles. The minimum absolute atomic E-state index is 0.00199. The zero-order valence-electron chi connectivity index (χ0n) is 7.19. The predicted molar refractivity (Wildman–Crippen MR) is 42.3 cm³/mol. The fraction of sp³-hybridized carbons (Fsp3) is 1.00. The van der Waals surface area contributed by atoms with Gasteiger partial charge in [-0.1, -0.05) is 0 Å². The lowest BCUT2D eigenvalue weighted by Crippen LogP contribution is -2.51. The quantitative estimate of drug-likeness (QED) is 0.579. The van der Waals surface area contributed by atoms with Gasteiger partial charge in [-0.25, -0.2) is 8.78 Å². The van der Waals surface area contributed by atoms with E-state index in [9.17, 15) is 8.78 Å². The minimum atomic E-state index is -2.44. The van der Waals surface area contributed by atoms with Gasteiger partial charge in [0.2, 0.25) is 0 Å². The van der Waals surface area contributed by atoms with E-state index in [2.05, 4.69) is 5.32 Å². The van der Waals surface area contributed by atoms with Crippen LogP contribution in [0.5, 0.6) is 0 Å². The largest absolute Gasteiger partial charge is 0.312 e. The molecule has 4 heteroatoms. The monoisotopic (exact) mass is 176 g/mol. The van der Waals surface area contributed by atoms with Crippen LogP contribution in [0.3, 0.4) is 0 Å². The molecule has 1 N–H and O–H groups in total. The van der Waals surface area contributed by atoms with Crippen molar-refractivity contribution in [3.05, 3.63) is 0 Å². The molecule has 70 valence electrons. The highest BCUT2D eigenvalue weighted by Crippen LogP contribution is 2.37. The lowest BCUT2D eigenvalue weighted by Gasteiger charge is -2.33. The van der Waals surface area contributed by atoms with Gasteiger partial charge in [0.25, 0.3) is 5.92 Å². The molecule has 0 bridgehead atoms. The molecule has 2 heterocycles. The highest BCUT2D eigenvalue weighted by molar-refractivity contribution is 4.98. The van der Waals surface area contributed by atoms with Crippen LogP contribution in [0.4, 0.5) is 8.78 Å². The van der Waals surface area contributed by atoms with Crippen molar-refractivity contribution >= 4 is 0 Å². The Bertz CT molecular complexity index is 184. The fourth-order valence-corrected chi connectivity index (χ4v) is 2.24. The molecule has 0 radical (unpaired) electrons. The summed E-state index contributed by atoms with van der Waals surface area (Å²) < 4.78 is 26.5. The first kappa shape index (κ1) is 8.38. The van der Waals surface area contributed by atoms with Gasteiger partial charge in [-0.05, 0) is 7.05 Å². The normalized spacial score (nSPS) is 41.2. The zero-order valence-corrected chi connectivity index (χ0v) is 7.19. The lowest BCUT2D eigenvalue weighted by molar-refractivity contribution is -0.0829. The molecular weight excluding hydrogens is 162 g/mol. The predicted octanol–water partition coefficient (Wildman–Crippen LogP) is 0.545. The first-order chi connectivity index (χ1) is 5.59. The van der Waals surface area contributed by atoms with E-state index in [1.165, 1.54) is 0 Å². The van der Waals surface area contributed by atoms with Crippen LogP contribution < -0.4 is 5.32 Å². The van der Waals surface area contributed by atoms with Crippen molar-refractivity contribution in [1.82, 2.24) is 10.2 Å². The van der Waals surface area contributed by atoms with Gasteiger partial charge in [0.05, 0.1) is 5.92 Å². The summed E-state index contributed by atoms with van der Waals surface area (Å²) in [6.45, 7) is 1.76. The maximum absolute atomic E-state index is 13.3. The third-order valence-corrected chi connectivity index (χ3v) is 2.91. The average molecular weight is 176 g/mol. The highest BCUT2D eigenvalue weighted by Gasteiger charge is 2.50. The van der Waals surface area contributed by atoms with Crippen molar-refractivity contribution in [3.8, 4) is 0 Å². The Kier molecular flexibility index (Phi) is 1.84. The molecule has 2 fully saturated rings. The van der Waals surface area contributed by atoms with E-state index in [-0.39, 0.29) is 12.5 Å². The fourth-order valence-electron chi connectivity index (χ4n) is 2.24. The molecule has 2 rings (SSSR count). The number of alkyl halides is 2. The van der Waals surface area contributed by atoms with Crippen LogP contribution in [0.25, 0.3) is 0 Å². The van der Waals surface area contributed by atoms with Crippen LogP contribution in [0, 0.1) is 5.92 Å². The minimum Gasteiger partial charge on any atom is -0.312 e. The van der Waals surface area contributed by atoms with Crippen molar-refractivity contribution in [2.24, 2.45) is 5.92 Å². The molecule has 2 atom stereocenters. The summed E-state index contributed by atoms with van der Waals surface area (Å²) in [4.78, 5) is 1.97. The van der Waals surface area contributed by atoms with E-state index in [1.54, 1.807) is 0 Å². The van der Waals surface area contributed by atoms with Crippen LogP contribution in [0.2, 0.25) is 0 Å². The van der Waals surface area contributed by atoms with E-state index < -0.39 is 11.8 Å². The maximum atomic E-state index is 13.3. The van der Waals surface area contributed by atoms with E-state index in [1.807, 2.05) is 11.9 Å². The Morgan fingerprint density at radius 2 is 2.17 bits per heavy atom. The van der Waals surface area contributed by atoms with Crippen LogP contribution in [0.15, 0.2) is 0 Å². The molecule has 0 aromatic heterocycles. The molecule has 12 heavy (non-hydrogen) atoms. The van der Waals surface area contributed by atoms with E-state index in [0.717, 1.165) is 6.54 Å². The topological polar surface area (TPSA) is 15.3 Å². The Labute approximate surface area is 70.9 Å². The summed E-state index contributed by atoms with van der Waals surface area (Å²) in [6.07, 6.45) is 0.00199. The Morgan fingerprint density at radius 1 is 1.42 bits per heavy atom. The van der Waals surface area contributed by atoms with Crippen LogP contribution >= 0.6 is 0 Å². The second kappa shape index (κ2) is 2.64. The average Bonchev–Trinajstić information content (AvgIpc) is 2.30. The van der Waals surface area contributed by atoms with Gasteiger partial charge in [0, 0.05) is 32.1 Å². The third-order valence-electron chi connectivity index (χ3n) is 2.91. The number of likely N-dealkylation sites (N-methyl/N-ethyl adjacent to an activating group) is 1. The van der Waals surface area contributed by atoms with Gasteiger partial charge in [0.1, 0.15) is 0 Å². The molecule has 2 nitrogen and oxygen atoms in total. The Hall–Kier alpha value is -0.220. The van der Waals surface area contributed by atoms with Crippen molar-refractivity contribution < 1.29 is 8.78 Å². The molecule has 2 saturated heterocycles. The molecule has 0 spiro atoms. The van der Waals surface area contributed by atoms with Gasteiger partial charge in [-0.15, -0.1) is 0 Å². The summed E-state index contributed by atoms with van der Waals surface area (Å²) in [7, 11) is 1.90. The summed E-state index contributed by atoms with van der Waals surface area (Å²) in [5, 5.41) is 3.15. The van der Waals surface area contributed by atoms with Gasteiger partial charge < -0.3 is 10.2 Å². The van der Waals surface area contributed by atoms with Gasteiger partial charge in [-0.2, -0.15) is 0 Å². The molecule has 2 unspecified atom stereocenters. The number of nitrogens with zero attached hydrogens (tertiary/aromatic N) is 1. The van der Waals surface area contributed by atoms with Gasteiger partial charge >= 0.3 is 0 Å². The molecule has 0 aliphatic carbocycles. The molecule has 2 aliphatic rings. The first-order valence-electron chi connectivity index (χ1n) is 4.39. The zero-order chi connectivity index (χ0) is 8.77. The second-order valence-corrected chi connectivity index (χ2v) is 3.90. The highest BCUT2D eigenvalue weighted by atomic mass is 19.3. The van der Waals surface area contributed by atoms with Crippen molar-refractivity contribution in [1.29, 1.82) is 0 Å². The van der Waals surface area contributed by atoms with Crippen molar-refractivity contribution in [2.45, 2.75) is 18.4 Å². The summed E-state index contributed by atoms with van der Waals surface area (Å²) in [5.41, 5.74) is 0.